The molecule has 0 N–H and O–H groups in total. The molecule has 0 amide bonds. The van der Waals surface area contributed by atoms with Gasteiger partial charge in [0.1, 0.15) is 5.78 Å². The molecule has 0 saturated heterocycles. The van der Waals surface area contributed by atoms with Crippen LogP contribution in [0.3, 0.4) is 0 Å². The lowest BCUT2D eigenvalue weighted by Crippen LogP contribution is -2.19. The number of hydrogen-bond acceptors (Lipinski definition) is 1. The molecular formula is C29H50O. The van der Waals surface area contributed by atoms with E-state index in [-0.39, 0.29) is 5.41 Å². The van der Waals surface area contributed by atoms with Gasteiger partial charge in [-0.15, -0.1) is 0 Å². The molecule has 0 spiro atoms. The number of carbonyl (C=O) groups is 1. The van der Waals surface area contributed by atoms with Gasteiger partial charge in [-0.3, -0.25) is 4.79 Å². The van der Waals surface area contributed by atoms with E-state index in [2.05, 4.69) is 30.6 Å². The molecule has 0 aromatic heterocycles. The van der Waals surface area contributed by atoms with Crippen molar-refractivity contribution in [1.29, 1.82) is 0 Å². The number of ketones is 1. The maximum absolute atomic E-state index is 11.8. The number of rotatable bonds is 18. The van der Waals surface area contributed by atoms with Crippen LogP contribution in [0.2, 0.25) is 0 Å². The van der Waals surface area contributed by atoms with Crippen LogP contribution in [-0.2, 0) is 4.79 Å². The Balaban J connectivity index is 3.34. The highest BCUT2D eigenvalue weighted by molar-refractivity contribution is 5.83. The lowest BCUT2D eigenvalue weighted by atomic mass is 9.88. The van der Waals surface area contributed by atoms with Gasteiger partial charge in [-0.25, -0.2) is 0 Å². The molecule has 1 heteroatoms. The Bertz CT molecular complexity index is 515. The molecule has 0 saturated carbocycles. The zero-order chi connectivity index (χ0) is 22.3. The molecule has 30 heavy (non-hydrogen) atoms. The molecule has 0 bridgehead atoms. The van der Waals surface area contributed by atoms with Crippen molar-refractivity contribution in [2.45, 2.75) is 150 Å². The average Bonchev–Trinajstić information content (AvgIpc) is 2.71. The van der Waals surface area contributed by atoms with E-state index in [9.17, 15) is 4.79 Å². The van der Waals surface area contributed by atoms with Crippen LogP contribution in [0.1, 0.15) is 150 Å². The SMILES string of the molecule is CCCCCCCCCCCCC#CC#CCCCCCCCCC(=O)C(C)(C)C. The highest BCUT2D eigenvalue weighted by atomic mass is 16.1. The van der Waals surface area contributed by atoms with E-state index in [1.54, 1.807) is 0 Å². The van der Waals surface area contributed by atoms with Crippen molar-refractivity contribution < 1.29 is 4.79 Å². The molecule has 0 aromatic carbocycles. The third kappa shape index (κ3) is 21.5. The van der Waals surface area contributed by atoms with Crippen LogP contribution in [0.5, 0.6) is 0 Å². The first kappa shape index (κ1) is 28.8. The summed E-state index contributed by atoms with van der Waals surface area (Å²) in [5.74, 6) is 12.8. The van der Waals surface area contributed by atoms with Gasteiger partial charge in [-0.05, 0) is 31.1 Å². The topological polar surface area (TPSA) is 17.1 Å². The second kappa shape index (κ2) is 21.0. The number of unbranched alkanes of at least 4 members (excludes halogenated alkanes) is 16. The molecule has 0 radical (unpaired) electrons. The van der Waals surface area contributed by atoms with E-state index in [4.69, 9.17) is 0 Å². The molecule has 0 fully saturated rings. The summed E-state index contributed by atoms with van der Waals surface area (Å²) in [4.78, 5) is 11.8. The van der Waals surface area contributed by atoms with E-state index in [1.165, 1.54) is 96.3 Å². The van der Waals surface area contributed by atoms with E-state index in [0.717, 1.165) is 25.7 Å². The molecule has 0 aliphatic carbocycles. The smallest absolute Gasteiger partial charge is 0.138 e. The maximum atomic E-state index is 11.8. The van der Waals surface area contributed by atoms with Crippen LogP contribution in [0.15, 0.2) is 0 Å². The van der Waals surface area contributed by atoms with Gasteiger partial charge in [0, 0.05) is 24.7 Å². The summed E-state index contributed by atoms with van der Waals surface area (Å²) < 4.78 is 0. The Morgan fingerprint density at radius 3 is 1.33 bits per heavy atom. The molecule has 0 unspecified atom stereocenters. The van der Waals surface area contributed by atoms with Crippen LogP contribution >= 0.6 is 0 Å². The van der Waals surface area contributed by atoms with Gasteiger partial charge in [-0.1, -0.05) is 123 Å². The van der Waals surface area contributed by atoms with Crippen LogP contribution in [0, 0.1) is 29.1 Å². The molecule has 0 rings (SSSR count). The summed E-state index contributed by atoms with van der Waals surface area (Å²) in [6, 6.07) is 0. The Kier molecular flexibility index (Phi) is 20.2. The largest absolute Gasteiger partial charge is 0.299 e. The second-order valence-corrected chi connectivity index (χ2v) is 9.83. The van der Waals surface area contributed by atoms with Crippen molar-refractivity contribution in [1.82, 2.24) is 0 Å². The molecule has 0 aliphatic rings. The standard InChI is InChI=1S/C29H50O/c1-5-6-7-8-9-10-11-12-13-14-15-16-17-18-19-20-21-22-23-24-25-26-27-28(30)29(2,3)4/h5-15,20-27H2,1-4H3. The lowest BCUT2D eigenvalue weighted by molar-refractivity contribution is -0.126. The van der Waals surface area contributed by atoms with Crippen molar-refractivity contribution in [2.75, 3.05) is 0 Å². The van der Waals surface area contributed by atoms with Gasteiger partial charge in [0.2, 0.25) is 0 Å². The highest BCUT2D eigenvalue weighted by Crippen LogP contribution is 2.19. The Labute approximate surface area is 189 Å². The fourth-order valence-electron chi connectivity index (χ4n) is 3.50. The summed E-state index contributed by atoms with van der Waals surface area (Å²) in [6.45, 7) is 8.31. The van der Waals surface area contributed by atoms with Crippen LogP contribution in [0.25, 0.3) is 0 Å². The number of hydrogen-bond donors (Lipinski definition) is 0. The molecule has 0 aromatic rings. The molecule has 172 valence electrons. The van der Waals surface area contributed by atoms with Gasteiger partial charge in [0.25, 0.3) is 0 Å². The predicted octanol–water partition coefficient (Wildman–Crippen LogP) is 9.04. The zero-order valence-corrected chi connectivity index (χ0v) is 20.8. The van der Waals surface area contributed by atoms with Gasteiger partial charge in [-0.2, -0.15) is 0 Å². The molecule has 0 aliphatic heterocycles. The highest BCUT2D eigenvalue weighted by Gasteiger charge is 2.19. The molecule has 0 atom stereocenters. The van der Waals surface area contributed by atoms with Crippen molar-refractivity contribution in [3.63, 3.8) is 0 Å². The van der Waals surface area contributed by atoms with E-state index >= 15 is 0 Å². The first-order valence-electron chi connectivity index (χ1n) is 13.0. The van der Waals surface area contributed by atoms with Crippen molar-refractivity contribution in [2.24, 2.45) is 5.41 Å². The third-order valence-corrected chi connectivity index (χ3v) is 5.69. The first-order valence-corrected chi connectivity index (χ1v) is 13.0. The first-order chi connectivity index (χ1) is 14.5. The molecule has 0 heterocycles. The van der Waals surface area contributed by atoms with Crippen LogP contribution in [-0.4, -0.2) is 5.78 Å². The van der Waals surface area contributed by atoms with E-state index in [0.29, 0.717) is 5.78 Å². The van der Waals surface area contributed by atoms with Gasteiger partial charge < -0.3 is 0 Å². The minimum atomic E-state index is -0.172. The lowest BCUT2D eigenvalue weighted by Gasteiger charge is -2.16. The Morgan fingerprint density at radius 2 is 0.933 bits per heavy atom. The number of Topliss-reactive ketones (excluding diaryl/α,β-unsaturated/α-hetero) is 1. The fourth-order valence-corrected chi connectivity index (χ4v) is 3.50. The van der Waals surface area contributed by atoms with Gasteiger partial charge in [0.15, 0.2) is 0 Å². The normalized spacial score (nSPS) is 10.8. The van der Waals surface area contributed by atoms with Gasteiger partial charge >= 0.3 is 0 Å². The monoisotopic (exact) mass is 414 g/mol. The number of carbonyl (C=O) groups excluding carboxylic acids is 1. The minimum absolute atomic E-state index is 0.172. The quantitative estimate of drug-likeness (QED) is 0.161. The van der Waals surface area contributed by atoms with Crippen molar-refractivity contribution in [3.8, 4) is 23.7 Å². The predicted molar refractivity (Wildman–Crippen MR) is 133 cm³/mol. The van der Waals surface area contributed by atoms with Crippen molar-refractivity contribution in [3.05, 3.63) is 0 Å². The van der Waals surface area contributed by atoms with Crippen LogP contribution in [0.4, 0.5) is 0 Å². The average molecular weight is 415 g/mol. The maximum Gasteiger partial charge on any atom is 0.138 e. The summed E-state index contributed by atoms with van der Waals surface area (Å²) in [7, 11) is 0. The second-order valence-electron chi connectivity index (χ2n) is 9.83. The Morgan fingerprint density at radius 1 is 0.567 bits per heavy atom. The third-order valence-electron chi connectivity index (χ3n) is 5.69. The Hall–Kier alpha value is -1.21. The van der Waals surface area contributed by atoms with Crippen molar-refractivity contribution >= 4 is 5.78 Å². The summed E-state index contributed by atoms with van der Waals surface area (Å²) in [5, 5.41) is 0. The van der Waals surface area contributed by atoms with E-state index < -0.39 is 0 Å². The summed E-state index contributed by atoms with van der Waals surface area (Å²) in [6.07, 6.45) is 23.6. The van der Waals surface area contributed by atoms with E-state index in [1.807, 2.05) is 20.8 Å². The van der Waals surface area contributed by atoms with Crippen LogP contribution < -0.4 is 0 Å². The summed E-state index contributed by atoms with van der Waals surface area (Å²) >= 11 is 0. The molecular weight excluding hydrogens is 364 g/mol. The molecule has 1 nitrogen and oxygen atoms in total. The zero-order valence-electron chi connectivity index (χ0n) is 20.8. The fraction of sp³-hybridized carbons (Fsp3) is 0.828. The minimum Gasteiger partial charge on any atom is -0.299 e. The summed E-state index contributed by atoms with van der Waals surface area (Å²) in [5.41, 5.74) is -0.172. The van der Waals surface area contributed by atoms with Gasteiger partial charge in [0.05, 0.1) is 0 Å².